The highest BCUT2D eigenvalue weighted by Gasteiger charge is 2.21. The second-order valence-electron chi connectivity index (χ2n) is 6.00. The number of hydrogen-bond donors (Lipinski definition) is 1. The molecule has 0 heterocycles. The minimum absolute atomic E-state index is 0.0366. The highest BCUT2D eigenvalue weighted by Crippen LogP contribution is 2.26. The van der Waals surface area contributed by atoms with Gasteiger partial charge in [0.05, 0.1) is 17.6 Å². The van der Waals surface area contributed by atoms with Gasteiger partial charge >= 0.3 is 5.97 Å². The molecule has 0 radical (unpaired) electrons. The fourth-order valence-electron chi connectivity index (χ4n) is 2.90. The number of carbonyl (C=O) groups is 1. The number of methoxy groups -OCH3 is 1. The van der Waals surface area contributed by atoms with Crippen molar-refractivity contribution in [3.8, 4) is 11.1 Å². The summed E-state index contributed by atoms with van der Waals surface area (Å²) in [4.78, 5) is 12.1. The van der Waals surface area contributed by atoms with Gasteiger partial charge in [-0.1, -0.05) is 32.0 Å². The van der Waals surface area contributed by atoms with Crippen LogP contribution in [0.4, 0.5) is 0 Å². The van der Waals surface area contributed by atoms with Crippen LogP contribution in [0.2, 0.25) is 0 Å². The molecule has 7 heteroatoms. The number of ether oxygens (including phenoxy) is 1. The Labute approximate surface area is 160 Å². The predicted molar refractivity (Wildman–Crippen MR) is 104 cm³/mol. The lowest BCUT2D eigenvalue weighted by Gasteiger charge is -2.18. The molecule has 2 aromatic carbocycles. The van der Waals surface area contributed by atoms with E-state index in [1.165, 1.54) is 11.4 Å². The number of carbonyl (C=O) groups excluding carboxylic acids is 1. The topological polar surface area (TPSA) is 83.9 Å². The SMILES string of the molecule is CCN(CC)S(=O)(=O)c1ccc(-c2cc(CCO)cc(C(=O)OC)c2)cc1. The average molecular weight is 391 g/mol. The molecule has 0 amide bonds. The minimum atomic E-state index is -3.52. The highest BCUT2D eigenvalue weighted by atomic mass is 32.2. The average Bonchev–Trinajstić information content (AvgIpc) is 2.68. The molecule has 0 aromatic heterocycles. The van der Waals surface area contributed by atoms with Crippen LogP contribution in [0.3, 0.4) is 0 Å². The monoisotopic (exact) mass is 391 g/mol. The van der Waals surface area contributed by atoms with Crippen molar-refractivity contribution in [3.05, 3.63) is 53.6 Å². The minimum Gasteiger partial charge on any atom is -0.465 e. The molecule has 0 saturated carbocycles. The summed E-state index contributed by atoms with van der Waals surface area (Å²) in [5, 5.41) is 9.20. The molecule has 0 saturated heterocycles. The Balaban J connectivity index is 2.44. The van der Waals surface area contributed by atoms with Gasteiger partial charge in [-0.15, -0.1) is 0 Å². The van der Waals surface area contributed by atoms with Crippen molar-refractivity contribution in [1.29, 1.82) is 0 Å². The lowest BCUT2D eigenvalue weighted by molar-refractivity contribution is 0.0600. The van der Waals surface area contributed by atoms with E-state index in [0.717, 1.165) is 16.7 Å². The van der Waals surface area contributed by atoms with Gasteiger partial charge in [0, 0.05) is 19.7 Å². The Morgan fingerprint density at radius 3 is 2.19 bits per heavy atom. The maximum absolute atomic E-state index is 12.6. The van der Waals surface area contributed by atoms with Gasteiger partial charge in [0.15, 0.2) is 0 Å². The molecule has 0 bridgehead atoms. The van der Waals surface area contributed by atoms with E-state index >= 15 is 0 Å². The van der Waals surface area contributed by atoms with Crippen molar-refractivity contribution in [2.24, 2.45) is 0 Å². The molecule has 0 aliphatic heterocycles. The van der Waals surface area contributed by atoms with Crippen LogP contribution < -0.4 is 0 Å². The normalized spacial score (nSPS) is 11.6. The molecular formula is C20H25NO5S. The zero-order valence-corrected chi connectivity index (χ0v) is 16.6. The van der Waals surface area contributed by atoms with Crippen LogP contribution in [-0.2, 0) is 21.2 Å². The number of nitrogens with zero attached hydrogens (tertiary/aromatic N) is 1. The number of benzene rings is 2. The molecule has 0 unspecified atom stereocenters. The molecule has 0 aliphatic carbocycles. The van der Waals surface area contributed by atoms with Crippen molar-refractivity contribution in [3.63, 3.8) is 0 Å². The summed E-state index contributed by atoms with van der Waals surface area (Å²) in [6.07, 6.45) is 0.409. The first-order chi connectivity index (χ1) is 12.9. The van der Waals surface area contributed by atoms with Crippen molar-refractivity contribution in [2.75, 3.05) is 26.8 Å². The Bertz CT molecular complexity index is 887. The van der Waals surface area contributed by atoms with E-state index in [1.807, 2.05) is 6.07 Å². The molecule has 2 rings (SSSR count). The Hall–Kier alpha value is -2.22. The third-order valence-corrected chi connectivity index (χ3v) is 6.41. The lowest BCUT2D eigenvalue weighted by atomic mass is 9.98. The number of sulfonamides is 1. The number of aliphatic hydroxyl groups is 1. The van der Waals surface area contributed by atoms with Gasteiger partial charge in [-0.05, 0) is 47.4 Å². The van der Waals surface area contributed by atoms with E-state index in [-0.39, 0.29) is 11.5 Å². The molecule has 27 heavy (non-hydrogen) atoms. The van der Waals surface area contributed by atoms with Crippen LogP contribution >= 0.6 is 0 Å². The molecule has 0 atom stereocenters. The first-order valence-electron chi connectivity index (χ1n) is 8.81. The largest absolute Gasteiger partial charge is 0.465 e. The molecule has 0 aliphatic rings. The standard InChI is InChI=1S/C20H25NO5S/c1-4-21(5-2)27(24,25)19-8-6-16(7-9-19)17-12-15(10-11-22)13-18(14-17)20(23)26-3/h6-9,12-14,22H,4-5,10-11H2,1-3H3. The van der Waals surface area contributed by atoms with E-state index in [0.29, 0.717) is 25.1 Å². The van der Waals surface area contributed by atoms with Crippen LogP contribution in [0.1, 0.15) is 29.8 Å². The molecule has 146 valence electrons. The number of rotatable bonds is 8. The molecule has 0 fully saturated rings. The summed E-state index contributed by atoms with van der Waals surface area (Å²) < 4.78 is 31.4. The van der Waals surface area contributed by atoms with Gasteiger partial charge < -0.3 is 9.84 Å². The van der Waals surface area contributed by atoms with Crippen molar-refractivity contribution >= 4 is 16.0 Å². The quantitative estimate of drug-likeness (QED) is 0.700. The van der Waals surface area contributed by atoms with Crippen LogP contribution in [0.5, 0.6) is 0 Å². The molecule has 2 aromatic rings. The molecule has 1 N–H and O–H groups in total. The van der Waals surface area contributed by atoms with E-state index in [2.05, 4.69) is 0 Å². The second kappa shape index (κ2) is 9.12. The number of aliphatic hydroxyl groups excluding tert-OH is 1. The van der Waals surface area contributed by atoms with Crippen molar-refractivity contribution in [2.45, 2.75) is 25.2 Å². The number of esters is 1. The van der Waals surface area contributed by atoms with Gasteiger partial charge in [-0.3, -0.25) is 0 Å². The first kappa shape index (κ1) is 21.1. The maximum atomic E-state index is 12.6. The summed E-state index contributed by atoms with van der Waals surface area (Å²) in [6.45, 7) is 4.39. The van der Waals surface area contributed by atoms with Gasteiger partial charge in [0.2, 0.25) is 10.0 Å². The Kier molecular flexibility index (Phi) is 7.12. The first-order valence-corrected chi connectivity index (χ1v) is 10.2. The smallest absolute Gasteiger partial charge is 0.337 e. The zero-order chi connectivity index (χ0) is 20.0. The second-order valence-corrected chi connectivity index (χ2v) is 7.94. The van der Waals surface area contributed by atoms with E-state index in [4.69, 9.17) is 4.74 Å². The van der Waals surface area contributed by atoms with Gasteiger partial charge in [0.25, 0.3) is 0 Å². The van der Waals surface area contributed by atoms with Crippen molar-refractivity contribution in [1.82, 2.24) is 4.31 Å². The Morgan fingerprint density at radius 1 is 1.04 bits per heavy atom. The third kappa shape index (κ3) is 4.74. The highest BCUT2D eigenvalue weighted by molar-refractivity contribution is 7.89. The van der Waals surface area contributed by atoms with Gasteiger partial charge in [0.1, 0.15) is 0 Å². The third-order valence-electron chi connectivity index (χ3n) is 4.35. The van der Waals surface area contributed by atoms with Crippen molar-refractivity contribution < 1.29 is 23.1 Å². The molecular weight excluding hydrogens is 366 g/mol. The van der Waals surface area contributed by atoms with Gasteiger partial charge in [-0.25, -0.2) is 13.2 Å². The van der Waals surface area contributed by atoms with Crippen LogP contribution in [-0.4, -0.2) is 50.6 Å². The summed E-state index contributed by atoms with van der Waals surface area (Å²) in [7, 11) is -2.20. The summed E-state index contributed by atoms with van der Waals surface area (Å²) >= 11 is 0. The summed E-state index contributed by atoms with van der Waals surface area (Å²) in [5.41, 5.74) is 2.72. The predicted octanol–water partition coefficient (Wildman–Crippen LogP) is 2.71. The summed E-state index contributed by atoms with van der Waals surface area (Å²) in [6, 6.07) is 11.8. The molecule has 0 spiro atoms. The van der Waals surface area contributed by atoms with E-state index in [1.54, 1.807) is 50.2 Å². The van der Waals surface area contributed by atoms with Crippen LogP contribution in [0.15, 0.2) is 47.4 Å². The van der Waals surface area contributed by atoms with Gasteiger partial charge in [-0.2, -0.15) is 4.31 Å². The number of hydrogen-bond acceptors (Lipinski definition) is 5. The Morgan fingerprint density at radius 2 is 1.67 bits per heavy atom. The summed E-state index contributed by atoms with van der Waals surface area (Å²) in [5.74, 6) is -0.461. The van der Waals surface area contributed by atoms with E-state index in [9.17, 15) is 18.3 Å². The van der Waals surface area contributed by atoms with Crippen LogP contribution in [0, 0.1) is 0 Å². The van der Waals surface area contributed by atoms with Crippen LogP contribution in [0.25, 0.3) is 11.1 Å². The zero-order valence-electron chi connectivity index (χ0n) is 15.8. The van der Waals surface area contributed by atoms with E-state index < -0.39 is 16.0 Å². The fourth-order valence-corrected chi connectivity index (χ4v) is 4.36. The maximum Gasteiger partial charge on any atom is 0.337 e. The lowest BCUT2D eigenvalue weighted by Crippen LogP contribution is -2.30. The molecule has 6 nitrogen and oxygen atoms in total. The fraction of sp³-hybridized carbons (Fsp3) is 0.350.